The lowest BCUT2D eigenvalue weighted by atomic mass is 9.83. The minimum Gasteiger partial charge on any atom is -0.388 e. The van der Waals surface area contributed by atoms with Crippen LogP contribution in [0.1, 0.15) is 69.8 Å². The molecule has 1 N–H and O–H groups in total. The van der Waals surface area contributed by atoms with Gasteiger partial charge in [0.1, 0.15) is 0 Å². The molecule has 0 fully saturated rings. The van der Waals surface area contributed by atoms with Gasteiger partial charge in [-0.2, -0.15) is 0 Å². The van der Waals surface area contributed by atoms with Crippen molar-refractivity contribution < 1.29 is 9.90 Å². The van der Waals surface area contributed by atoms with Crippen LogP contribution in [0.15, 0.2) is 18.2 Å². The van der Waals surface area contributed by atoms with Crippen LogP contribution in [0.5, 0.6) is 0 Å². The van der Waals surface area contributed by atoms with Crippen molar-refractivity contribution in [1.29, 1.82) is 0 Å². The van der Waals surface area contributed by atoms with Gasteiger partial charge in [-0.15, -0.1) is 0 Å². The first-order valence-electron chi connectivity index (χ1n) is 8.40. The number of rotatable bonds is 4. The third kappa shape index (κ3) is 3.89. The summed E-state index contributed by atoms with van der Waals surface area (Å²) in [5, 5.41) is 10.5. The first-order chi connectivity index (χ1) is 10.3. The number of amides is 1. The van der Waals surface area contributed by atoms with Crippen LogP contribution in [-0.2, 0) is 17.8 Å². The van der Waals surface area contributed by atoms with Crippen molar-refractivity contribution in [2.24, 2.45) is 5.41 Å². The fraction of sp³-hybridized carbons (Fsp3) is 0.632. The fourth-order valence-corrected chi connectivity index (χ4v) is 2.95. The summed E-state index contributed by atoms with van der Waals surface area (Å²) in [7, 11) is 0. The summed E-state index contributed by atoms with van der Waals surface area (Å²) in [5.41, 5.74) is 3.27. The first kappa shape index (κ1) is 17.0. The zero-order chi connectivity index (χ0) is 16.3. The maximum atomic E-state index is 12.2. The Kier molecular flexibility index (Phi) is 5.28. The Morgan fingerprint density at radius 1 is 1.32 bits per heavy atom. The van der Waals surface area contributed by atoms with E-state index < -0.39 is 6.10 Å². The van der Waals surface area contributed by atoms with Crippen molar-refractivity contribution in [2.45, 2.75) is 66.0 Å². The minimum absolute atomic E-state index is 0.181. The summed E-state index contributed by atoms with van der Waals surface area (Å²) in [5.74, 6) is 0.259. The molecule has 2 rings (SSSR count). The molecule has 0 radical (unpaired) electrons. The highest BCUT2D eigenvalue weighted by atomic mass is 16.3. The standard InChI is InChI=1S/C19H29NO2/c1-5-6-7-17(21)20-11-10-14-8-9-15(12-16(14)13-20)18(22)19(2,3)4/h8-9,12,18,22H,5-7,10-11,13H2,1-4H3. The van der Waals surface area contributed by atoms with Crippen molar-refractivity contribution in [1.82, 2.24) is 4.90 Å². The van der Waals surface area contributed by atoms with Crippen LogP contribution >= 0.6 is 0 Å². The van der Waals surface area contributed by atoms with E-state index in [1.54, 1.807) is 0 Å². The van der Waals surface area contributed by atoms with Gasteiger partial charge in [-0.3, -0.25) is 4.79 Å². The lowest BCUT2D eigenvalue weighted by Crippen LogP contribution is -2.36. The average molecular weight is 303 g/mol. The minimum atomic E-state index is -0.482. The van der Waals surface area contributed by atoms with Crippen LogP contribution in [0.3, 0.4) is 0 Å². The quantitative estimate of drug-likeness (QED) is 0.918. The Balaban J connectivity index is 2.14. The molecule has 122 valence electrons. The van der Waals surface area contributed by atoms with Crippen LogP contribution in [0.2, 0.25) is 0 Å². The van der Waals surface area contributed by atoms with E-state index in [1.165, 1.54) is 11.1 Å². The van der Waals surface area contributed by atoms with Gasteiger partial charge in [0.25, 0.3) is 0 Å². The topological polar surface area (TPSA) is 40.5 Å². The number of benzene rings is 1. The van der Waals surface area contributed by atoms with Crippen molar-refractivity contribution >= 4 is 5.91 Å². The maximum absolute atomic E-state index is 12.2. The van der Waals surface area contributed by atoms with E-state index in [0.29, 0.717) is 13.0 Å². The normalized spacial score (nSPS) is 16.3. The second kappa shape index (κ2) is 6.82. The van der Waals surface area contributed by atoms with Crippen molar-refractivity contribution in [2.75, 3.05) is 6.54 Å². The van der Waals surface area contributed by atoms with Crippen LogP contribution in [-0.4, -0.2) is 22.5 Å². The Bertz CT molecular complexity index is 531. The van der Waals surface area contributed by atoms with Crippen LogP contribution in [0, 0.1) is 5.41 Å². The molecular weight excluding hydrogens is 274 g/mol. The summed E-state index contributed by atoms with van der Waals surface area (Å²) in [6, 6.07) is 6.24. The van der Waals surface area contributed by atoms with Gasteiger partial charge in [0.2, 0.25) is 5.91 Å². The molecule has 1 atom stereocenters. The fourth-order valence-electron chi connectivity index (χ4n) is 2.95. The number of aliphatic hydroxyl groups is 1. The highest BCUT2D eigenvalue weighted by Gasteiger charge is 2.26. The zero-order valence-corrected chi connectivity index (χ0v) is 14.4. The molecule has 1 heterocycles. The largest absolute Gasteiger partial charge is 0.388 e. The van der Waals surface area contributed by atoms with E-state index in [9.17, 15) is 9.90 Å². The molecule has 0 aromatic heterocycles. The Morgan fingerprint density at radius 2 is 2.05 bits per heavy atom. The van der Waals surface area contributed by atoms with Crippen molar-refractivity contribution in [3.63, 3.8) is 0 Å². The zero-order valence-electron chi connectivity index (χ0n) is 14.4. The average Bonchev–Trinajstić information content (AvgIpc) is 2.49. The SMILES string of the molecule is CCCCC(=O)N1CCc2ccc(C(O)C(C)(C)C)cc2C1. The lowest BCUT2D eigenvalue weighted by molar-refractivity contribution is -0.132. The number of aliphatic hydroxyl groups excluding tert-OH is 1. The molecule has 0 saturated heterocycles. The molecular formula is C19H29NO2. The highest BCUT2D eigenvalue weighted by Crippen LogP contribution is 2.34. The molecule has 0 aliphatic carbocycles. The van der Waals surface area contributed by atoms with Crippen LogP contribution in [0.4, 0.5) is 0 Å². The number of hydrogen-bond acceptors (Lipinski definition) is 2. The molecule has 1 aliphatic rings. The first-order valence-corrected chi connectivity index (χ1v) is 8.40. The lowest BCUT2D eigenvalue weighted by Gasteiger charge is -2.31. The third-order valence-electron chi connectivity index (χ3n) is 4.48. The van der Waals surface area contributed by atoms with Crippen LogP contribution in [0.25, 0.3) is 0 Å². The molecule has 1 aliphatic heterocycles. The molecule has 3 nitrogen and oxygen atoms in total. The van der Waals surface area contributed by atoms with Crippen LogP contribution < -0.4 is 0 Å². The van der Waals surface area contributed by atoms with Gasteiger partial charge in [-0.05, 0) is 34.9 Å². The summed E-state index contributed by atoms with van der Waals surface area (Å²) in [4.78, 5) is 14.2. The van der Waals surface area contributed by atoms with Gasteiger partial charge in [-0.25, -0.2) is 0 Å². The second-order valence-electron chi connectivity index (χ2n) is 7.47. The molecule has 3 heteroatoms. The molecule has 1 unspecified atom stereocenters. The Labute approximate surface area is 134 Å². The van der Waals surface area contributed by atoms with E-state index in [0.717, 1.165) is 31.4 Å². The Hall–Kier alpha value is -1.35. The summed E-state index contributed by atoms with van der Waals surface area (Å²) in [6.07, 6.45) is 3.10. The smallest absolute Gasteiger partial charge is 0.222 e. The third-order valence-corrected chi connectivity index (χ3v) is 4.48. The maximum Gasteiger partial charge on any atom is 0.222 e. The molecule has 1 amide bonds. The number of fused-ring (bicyclic) bond motifs is 1. The van der Waals surface area contributed by atoms with E-state index in [1.807, 2.05) is 31.7 Å². The van der Waals surface area contributed by atoms with Crippen molar-refractivity contribution in [3.8, 4) is 0 Å². The summed E-state index contributed by atoms with van der Waals surface area (Å²) < 4.78 is 0. The van der Waals surface area contributed by atoms with Gasteiger partial charge in [-0.1, -0.05) is 52.3 Å². The number of unbranched alkanes of at least 4 members (excludes halogenated alkanes) is 1. The number of carbonyl (C=O) groups excluding carboxylic acids is 1. The summed E-state index contributed by atoms with van der Waals surface area (Å²) >= 11 is 0. The molecule has 1 aromatic rings. The summed E-state index contributed by atoms with van der Waals surface area (Å²) in [6.45, 7) is 9.73. The van der Waals surface area contributed by atoms with Gasteiger partial charge in [0.15, 0.2) is 0 Å². The van der Waals surface area contributed by atoms with E-state index in [4.69, 9.17) is 0 Å². The number of carbonyl (C=O) groups is 1. The molecule has 1 aromatic carbocycles. The monoisotopic (exact) mass is 303 g/mol. The van der Waals surface area contributed by atoms with Crippen molar-refractivity contribution in [3.05, 3.63) is 34.9 Å². The highest BCUT2D eigenvalue weighted by molar-refractivity contribution is 5.76. The number of nitrogens with zero attached hydrogens (tertiary/aromatic N) is 1. The molecule has 22 heavy (non-hydrogen) atoms. The predicted octanol–water partition coefficient (Wildman–Crippen LogP) is 3.84. The predicted molar refractivity (Wildman–Crippen MR) is 89.5 cm³/mol. The second-order valence-corrected chi connectivity index (χ2v) is 7.47. The molecule has 0 bridgehead atoms. The van der Waals surface area contributed by atoms with E-state index in [-0.39, 0.29) is 11.3 Å². The van der Waals surface area contributed by atoms with Gasteiger partial charge >= 0.3 is 0 Å². The molecule has 0 saturated carbocycles. The van der Waals surface area contributed by atoms with Gasteiger partial charge in [0.05, 0.1) is 6.10 Å². The van der Waals surface area contributed by atoms with E-state index in [2.05, 4.69) is 19.1 Å². The van der Waals surface area contributed by atoms with Gasteiger partial charge < -0.3 is 10.0 Å². The van der Waals surface area contributed by atoms with Gasteiger partial charge in [0, 0.05) is 19.5 Å². The number of hydrogen-bond donors (Lipinski definition) is 1. The van der Waals surface area contributed by atoms with E-state index >= 15 is 0 Å². The molecule has 0 spiro atoms. The Morgan fingerprint density at radius 3 is 2.68 bits per heavy atom.